The first-order valence-corrected chi connectivity index (χ1v) is 28.8. The maximum absolute atomic E-state index is 14.2. The van der Waals surface area contributed by atoms with Crippen molar-refractivity contribution in [2.24, 2.45) is 0 Å². The number of hydrogen-bond acceptors (Lipinski definition) is 16. The molecular weight excluding hydrogens is 1200 g/mol. The number of aromatic nitrogens is 8. The first-order valence-electron chi connectivity index (χ1n) is 27.7. The summed E-state index contributed by atoms with van der Waals surface area (Å²) < 4.78 is 65.1. The Balaban J connectivity index is 0.000000199. The summed E-state index contributed by atoms with van der Waals surface area (Å²) in [5.41, 5.74) is 0.801. The molecule has 1 saturated heterocycles. The largest absolute Gasteiger partial charge is 0.495 e. The molecule has 20 nitrogen and oxygen atoms in total. The van der Waals surface area contributed by atoms with Gasteiger partial charge in [-0.25, -0.2) is 57.9 Å². The fourth-order valence-corrected chi connectivity index (χ4v) is 8.66. The lowest BCUT2D eigenvalue weighted by Gasteiger charge is -2.32. The second-order valence-electron chi connectivity index (χ2n) is 25.2. The Bertz CT molecular complexity index is 3880. The zero-order valence-electron chi connectivity index (χ0n) is 52.3. The van der Waals surface area contributed by atoms with Crippen molar-refractivity contribution < 1.29 is 56.2 Å². The third kappa shape index (κ3) is 16.7. The van der Waals surface area contributed by atoms with Crippen LogP contribution in [0.1, 0.15) is 122 Å². The van der Waals surface area contributed by atoms with Crippen molar-refractivity contribution in [3.63, 3.8) is 0 Å². The lowest BCUT2D eigenvalue weighted by molar-refractivity contribution is 0.00578. The lowest BCUT2D eigenvalue weighted by Crippen LogP contribution is -2.45. The fraction of sp³-hybridized carbons (Fsp3) is 0.387. The van der Waals surface area contributed by atoms with Crippen LogP contribution in [0.25, 0.3) is 45.0 Å². The number of carbonyl (C=O) groups is 4. The van der Waals surface area contributed by atoms with E-state index in [-0.39, 0.29) is 21.7 Å². The number of imidazole rings is 2. The minimum atomic E-state index is -0.928. The second kappa shape index (κ2) is 25.7. The Labute approximate surface area is 524 Å². The minimum absolute atomic E-state index is 0.00218. The van der Waals surface area contributed by atoms with Gasteiger partial charge in [-0.1, -0.05) is 34.8 Å². The van der Waals surface area contributed by atoms with E-state index < -0.39 is 76.7 Å². The normalized spacial score (nSPS) is 13.9. The monoisotopic (exact) mass is 1270 g/mol. The van der Waals surface area contributed by atoms with Crippen LogP contribution in [0, 0.1) is 25.5 Å². The average Bonchev–Trinajstić information content (AvgIpc) is 2.99. The number of benzene rings is 2. The van der Waals surface area contributed by atoms with E-state index in [0.717, 1.165) is 9.80 Å². The molecule has 1 fully saturated rings. The third-order valence-electron chi connectivity index (χ3n) is 12.7. The summed E-state index contributed by atoms with van der Waals surface area (Å²) >= 11 is 17.5. The molecular formula is C62H70BCl3F2N10O10. The quantitative estimate of drug-likeness (QED) is 0.0859. The van der Waals surface area contributed by atoms with Crippen LogP contribution in [0.5, 0.6) is 0 Å². The smallest absolute Gasteiger partial charge is 0.443 e. The summed E-state index contributed by atoms with van der Waals surface area (Å²) in [6, 6.07) is 22.5. The number of rotatable bonds is 6. The van der Waals surface area contributed by atoms with Gasteiger partial charge in [0.25, 0.3) is 0 Å². The van der Waals surface area contributed by atoms with Crippen LogP contribution in [0.2, 0.25) is 15.2 Å². The van der Waals surface area contributed by atoms with Crippen LogP contribution in [-0.2, 0) is 28.3 Å². The van der Waals surface area contributed by atoms with E-state index in [1.165, 1.54) is 42.7 Å². The zero-order valence-corrected chi connectivity index (χ0v) is 54.5. The molecule has 4 amide bonds. The van der Waals surface area contributed by atoms with Gasteiger partial charge in [-0.05, 0) is 215 Å². The van der Waals surface area contributed by atoms with E-state index >= 15 is 0 Å². The zero-order chi connectivity index (χ0) is 65.4. The van der Waals surface area contributed by atoms with Gasteiger partial charge >= 0.3 is 31.5 Å². The Morgan fingerprint density at radius 2 is 0.898 bits per heavy atom. The van der Waals surface area contributed by atoms with Gasteiger partial charge in [-0.2, -0.15) is 9.80 Å². The van der Waals surface area contributed by atoms with Crippen molar-refractivity contribution in [3.05, 3.63) is 136 Å². The van der Waals surface area contributed by atoms with Crippen molar-refractivity contribution in [2.45, 2.75) is 158 Å². The van der Waals surface area contributed by atoms with Crippen LogP contribution < -0.4 is 15.3 Å². The van der Waals surface area contributed by atoms with E-state index in [0.29, 0.717) is 67.2 Å². The van der Waals surface area contributed by atoms with E-state index in [1.807, 2.05) is 34.6 Å². The molecule has 0 radical (unpaired) electrons. The SMILES string of the molecule is CC(C)(C)OC(=O)N(C(=O)OC(C)(C)C)c1cc(B2OC(C)(C)C(C)(C)O2)ccn1.Cc1nc2ccc(-c3ccnc(N(C(=O)OC(C)(C)C)C(=O)OC(C)(C)C)c3)nc2n1-c1ccc(Cl)c(F)c1.Cc1nc2ccc(Cl)nc2n1-c1ccc(Cl)c(F)c1. The Hall–Kier alpha value is -7.83. The maximum atomic E-state index is 14.2. The Kier molecular flexibility index (Phi) is 19.8. The first kappa shape index (κ1) is 67.7. The molecule has 2 aromatic carbocycles. The standard InChI is InChI=1S/C28H29ClFN5O4.C21H33BN2O6.C13H8Cl2FN3/c1-16-32-22-11-10-21(33-24(22)34(16)18-8-9-19(29)20(30)15-18)17-12-13-31-23(14-17)35(25(36)38-27(2,3)4)26(37)39-28(5,6)7;1-18(2,3)27-16(25)24(17(26)28-19(4,5)6)15-13-14(11-12-23-15)22-29-20(7,8)21(9,10)30-22;1-7-17-11-4-5-12(15)18-13(11)19(7)8-2-3-9(14)10(16)6-8/h8-15H,1-7H3;11-13H,1-10H3;2-6H,1H3. The molecule has 0 atom stereocenters. The Morgan fingerprint density at radius 3 is 1.31 bits per heavy atom. The number of aryl methyl sites for hydroxylation is 2. The minimum Gasteiger partial charge on any atom is -0.443 e. The molecule has 26 heteroatoms. The molecule has 9 rings (SSSR count). The molecule has 6 aromatic heterocycles. The molecule has 0 N–H and O–H groups in total. The van der Waals surface area contributed by atoms with Crippen LogP contribution in [0.15, 0.2) is 97.3 Å². The molecule has 0 spiro atoms. The molecule has 0 saturated carbocycles. The van der Waals surface area contributed by atoms with Gasteiger partial charge in [-0.15, -0.1) is 0 Å². The summed E-state index contributed by atoms with van der Waals surface area (Å²) in [7, 11) is -0.670. The number of nitrogens with zero attached hydrogens (tertiary/aromatic N) is 10. The van der Waals surface area contributed by atoms with Gasteiger partial charge in [0.05, 0.1) is 38.3 Å². The molecule has 466 valence electrons. The second-order valence-corrected chi connectivity index (χ2v) is 26.4. The van der Waals surface area contributed by atoms with Crippen LogP contribution >= 0.6 is 34.8 Å². The van der Waals surface area contributed by atoms with E-state index in [1.54, 1.807) is 154 Å². The van der Waals surface area contributed by atoms with Gasteiger partial charge in [0.15, 0.2) is 11.3 Å². The highest BCUT2D eigenvalue weighted by molar-refractivity contribution is 6.62. The fourth-order valence-electron chi connectivity index (χ4n) is 8.28. The third-order valence-corrected chi connectivity index (χ3v) is 13.6. The summed E-state index contributed by atoms with van der Waals surface area (Å²) in [5, 5.41) is 0.457. The summed E-state index contributed by atoms with van der Waals surface area (Å²) in [5.74, 6) is 0.324. The van der Waals surface area contributed by atoms with Gasteiger partial charge in [0.2, 0.25) is 0 Å². The van der Waals surface area contributed by atoms with Gasteiger partial charge in [0.1, 0.15) is 73.5 Å². The van der Waals surface area contributed by atoms with Crippen LogP contribution in [0.3, 0.4) is 0 Å². The average molecular weight is 1270 g/mol. The molecule has 1 aliphatic rings. The summed E-state index contributed by atoms with van der Waals surface area (Å²) in [6.07, 6.45) is -0.676. The molecule has 0 unspecified atom stereocenters. The molecule has 0 aliphatic carbocycles. The number of imide groups is 2. The van der Waals surface area contributed by atoms with Gasteiger partial charge < -0.3 is 28.3 Å². The van der Waals surface area contributed by atoms with Crippen molar-refractivity contribution >= 4 is 106 Å². The number of ether oxygens (including phenoxy) is 4. The maximum Gasteiger partial charge on any atom is 0.495 e. The molecule has 1 aliphatic heterocycles. The van der Waals surface area contributed by atoms with Crippen molar-refractivity contribution in [2.75, 3.05) is 9.80 Å². The highest BCUT2D eigenvalue weighted by atomic mass is 35.5. The van der Waals surface area contributed by atoms with Crippen molar-refractivity contribution in [1.29, 1.82) is 0 Å². The summed E-state index contributed by atoms with van der Waals surface area (Å²) in [4.78, 5) is 79.7. The molecule has 0 bridgehead atoms. The lowest BCUT2D eigenvalue weighted by atomic mass is 9.79. The predicted molar refractivity (Wildman–Crippen MR) is 335 cm³/mol. The molecule has 88 heavy (non-hydrogen) atoms. The molecule has 7 heterocycles. The highest BCUT2D eigenvalue weighted by Gasteiger charge is 2.52. The summed E-state index contributed by atoms with van der Waals surface area (Å²) in [6.45, 7) is 31.8. The number of halogens is 5. The van der Waals surface area contributed by atoms with Crippen molar-refractivity contribution in [3.8, 4) is 22.6 Å². The van der Waals surface area contributed by atoms with Gasteiger partial charge in [-0.3, -0.25) is 9.13 Å². The van der Waals surface area contributed by atoms with Crippen molar-refractivity contribution in [1.82, 2.24) is 39.0 Å². The van der Waals surface area contributed by atoms with Crippen LogP contribution in [0.4, 0.5) is 39.6 Å². The van der Waals surface area contributed by atoms with E-state index in [4.69, 9.17) is 68.0 Å². The first-order chi connectivity index (χ1) is 40.6. The molecule has 8 aromatic rings. The van der Waals surface area contributed by atoms with Gasteiger partial charge in [0, 0.05) is 18.0 Å². The number of anilines is 2. The Morgan fingerprint density at radius 1 is 0.511 bits per heavy atom. The number of amides is 4. The number of fused-ring (bicyclic) bond motifs is 2. The number of carbonyl (C=O) groups excluding carboxylic acids is 4. The van der Waals surface area contributed by atoms with Crippen LogP contribution in [-0.4, -0.2) is 104 Å². The topological polar surface area (TPSA) is 217 Å². The predicted octanol–water partition coefficient (Wildman–Crippen LogP) is 15.5. The number of pyridine rings is 4. The van der Waals surface area contributed by atoms with E-state index in [9.17, 15) is 28.0 Å². The van der Waals surface area contributed by atoms with E-state index in [2.05, 4.69) is 24.9 Å². The highest BCUT2D eigenvalue weighted by Crippen LogP contribution is 2.37. The number of hydrogen-bond donors (Lipinski definition) is 0.